The van der Waals surface area contributed by atoms with Crippen LogP contribution in [0.5, 0.6) is 0 Å². The SMILES string of the molecule is Bc1c(B)c(B)c2c(-c3cccc(-c4ccc5ccccc5c4)c3)c3c(B)c(B)c(B)c(B)c3c(-c3ccccc3)c2c1B. The number of fused-ring (bicyclic) bond motifs is 3. The van der Waals surface area contributed by atoms with E-state index in [4.69, 9.17) is 0 Å². The van der Waals surface area contributed by atoms with Crippen molar-refractivity contribution in [3.8, 4) is 33.4 Å². The van der Waals surface area contributed by atoms with Crippen molar-refractivity contribution >= 4 is 139 Å². The summed E-state index contributed by atoms with van der Waals surface area (Å²) < 4.78 is 0. The lowest BCUT2D eigenvalue weighted by Crippen LogP contribution is -2.50. The number of hydrogen-bond donors (Lipinski definition) is 0. The van der Waals surface area contributed by atoms with Crippen LogP contribution in [0, 0.1) is 0 Å². The summed E-state index contributed by atoms with van der Waals surface area (Å²) in [6.45, 7) is 0. The molecule has 0 aliphatic heterocycles. The number of rotatable bonds is 3. The second-order valence-electron chi connectivity index (χ2n) is 12.8. The Morgan fingerprint density at radius 1 is 0.273 bits per heavy atom. The Morgan fingerprint density at radius 2 is 0.682 bits per heavy atom. The molecule has 0 radical (unpaired) electrons. The van der Waals surface area contributed by atoms with Crippen LogP contribution in [-0.4, -0.2) is 62.8 Å². The maximum Gasteiger partial charge on any atom is 0.139 e. The van der Waals surface area contributed by atoms with E-state index in [0.29, 0.717) is 0 Å². The quantitative estimate of drug-likeness (QED) is 0.156. The molecule has 0 saturated heterocycles. The van der Waals surface area contributed by atoms with Crippen molar-refractivity contribution in [3.05, 3.63) is 97.1 Å². The molecule has 0 heterocycles. The highest BCUT2D eigenvalue weighted by atomic mass is 14.2. The molecule has 0 aliphatic carbocycles. The fourth-order valence-electron chi connectivity index (χ4n) is 7.53. The third-order valence-corrected chi connectivity index (χ3v) is 10.7. The van der Waals surface area contributed by atoms with Gasteiger partial charge >= 0.3 is 0 Å². The van der Waals surface area contributed by atoms with Crippen molar-refractivity contribution in [2.24, 2.45) is 0 Å². The van der Waals surface area contributed by atoms with Gasteiger partial charge in [-0.1, -0.05) is 107 Å². The van der Waals surface area contributed by atoms with Gasteiger partial charge in [0.15, 0.2) is 0 Å². The van der Waals surface area contributed by atoms with Gasteiger partial charge in [0.1, 0.15) is 62.8 Å². The molecule has 0 fully saturated rings. The molecule has 200 valence electrons. The summed E-state index contributed by atoms with van der Waals surface area (Å²) >= 11 is 0. The van der Waals surface area contributed by atoms with E-state index in [1.54, 1.807) is 0 Å². The molecule has 0 bridgehead atoms. The molecule has 0 amide bonds. The molecule has 7 aromatic carbocycles. The Hall–Kier alpha value is -4.16. The molecule has 0 nitrogen and oxygen atoms in total. The molecule has 0 aromatic heterocycles. The normalized spacial score (nSPS) is 11.5. The Labute approximate surface area is 268 Å². The van der Waals surface area contributed by atoms with E-state index in [1.165, 1.54) is 109 Å². The zero-order chi connectivity index (χ0) is 30.9. The van der Waals surface area contributed by atoms with Crippen molar-refractivity contribution in [2.75, 3.05) is 0 Å². The molecule has 0 aliphatic rings. The zero-order valence-electron chi connectivity index (χ0n) is 27.2. The van der Waals surface area contributed by atoms with Crippen LogP contribution < -0.4 is 43.7 Å². The van der Waals surface area contributed by atoms with Gasteiger partial charge in [-0.25, -0.2) is 0 Å². The van der Waals surface area contributed by atoms with Crippen molar-refractivity contribution in [1.82, 2.24) is 0 Å². The molecular weight excluding hydrogens is 519 g/mol. The minimum absolute atomic E-state index is 1.25. The molecule has 0 unspecified atom stereocenters. The highest BCUT2D eigenvalue weighted by molar-refractivity contribution is 6.71. The van der Waals surface area contributed by atoms with E-state index in [9.17, 15) is 0 Å². The third kappa shape index (κ3) is 4.26. The first kappa shape index (κ1) is 28.6. The van der Waals surface area contributed by atoms with Crippen molar-refractivity contribution < 1.29 is 0 Å². The average molecular weight is 551 g/mol. The molecular formula is C36H32B8. The number of benzene rings is 7. The van der Waals surface area contributed by atoms with E-state index in [2.05, 4.69) is 160 Å². The third-order valence-electron chi connectivity index (χ3n) is 10.7. The smallest absolute Gasteiger partial charge is 0.101 e. The largest absolute Gasteiger partial charge is 0.139 e. The molecule has 0 atom stereocenters. The summed E-state index contributed by atoms with van der Waals surface area (Å²) in [6, 6.07) is 35.8. The lowest BCUT2D eigenvalue weighted by molar-refractivity contribution is 1.63. The Balaban J connectivity index is 1.70. The summed E-state index contributed by atoms with van der Waals surface area (Å²) in [7, 11) is 18.6. The Bertz CT molecular complexity index is 2230. The number of hydrogen-bond acceptors (Lipinski definition) is 0. The molecule has 0 spiro atoms. The topological polar surface area (TPSA) is 0 Å². The van der Waals surface area contributed by atoms with Gasteiger partial charge in [0.05, 0.1) is 0 Å². The molecule has 7 aromatic rings. The van der Waals surface area contributed by atoms with Crippen molar-refractivity contribution in [1.29, 1.82) is 0 Å². The average Bonchev–Trinajstić information content (AvgIpc) is 3.06. The Morgan fingerprint density at radius 3 is 1.23 bits per heavy atom. The summed E-state index contributed by atoms with van der Waals surface area (Å²) in [4.78, 5) is 0. The molecule has 44 heavy (non-hydrogen) atoms. The van der Waals surface area contributed by atoms with Gasteiger partial charge in [-0.05, 0) is 77.8 Å². The molecule has 0 saturated carbocycles. The van der Waals surface area contributed by atoms with Crippen LogP contribution in [0.4, 0.5) is 0 Å². The first-order valence-electron chi connectivity index (χ1n) is 15.8. The van der Waals surface area contributed by atoms with Crippen LogP contribution in [-0.2, 0) is 0 Å². The van der Waals surface area contributed by atoms with E-state index in [-0.39, 0.29) is 0 Å². The second kappa shape index (κ2) is 10.8. The van der Waals surface area contributed by atoms with E-state index in [1.807, 2.05) is 0 Å². The molecule has 0 N–H and O–H groups in total. The first-order chi connectivity index (χ1) is 21.2. The monoisotopic (exact) mass is 552 g/mol. The van der Waals surface area contributed by atoms with Crippen LogP contribution in [0.3, 0.4) is 0 Å². The maximum atomic E-state index is 2.43. The minimum atomic E-state index is 1.25. The van der Waals surface area contributed by atoms with Gasteiger partial charge in [-0.3, -0.25) is 0 Å². The molecule has 7 rings (SSSR count). The summed E-state index contributed by atoms with van der Waals surface area (Å²) in [5.41, 5.74) is 18.9. The minimum Gasteiger partial charge on any atom is -0.101 e. The van der Waals surface area contributed by atoms with Gasteiger partial charge < -0.3 is 0 Å². The Kier molecular flexibility index (Phi) is 7.00. The van der Waals surface area contributed by atoms with Crippen molar-refractivity contribution in [3.63, 3.8) is 0 Å². The lowest BCUT2D eigenvalue weighted by Gasteiger charge is -2.28. The van der Waals surface area contributed by atoms with Crippen LogP contribution in [0.1, 0.15) is 0 Å². The van der Waals surface area contributed by atoms with Crippen LogP contribution in [0.15, 0.2) is 97.1 Å². The van der Waals surface area contributed by atoms with Gasteiger partial charge in [0, 0.05) is 0 Å². The maximum absolute atomic E-state index is 2.43. The fourth-order valence-corrected chi connectivity index (χ4v) is 7.53. The summed E-state index contributed by atoms with van der Waals surface area (Å²) in [5.74, 6) is 0. The fraction of sp³-hybridized carbons (Fsp3) is 0. The van der Waals surface area contributed by atoms with E-state index >= 15 is 0 Å². The summed E-state index contributed by atoms with van der Waals surface area (Å²) in [5, 5.41) is 8.10. The lowest BCUT2D eigenvalue weighted by atomic mass is 9.59. The van der Waals surface area contributed by atoms with Gasteiger partial charge in [-0.15, -0.1) is 21.9 Å². The van der Waals surface area contributed by atoms with Crippen LogP contribution >= 0.6 is 0 Å². The highest BCUT2D eigenvalue weighted by Crippen LogP contribution is 2.41. The van der Waals surface area contributed by atoms with Gasteiger partial charge in [0.2, 0.25) is 0 Å². The van der Waals surface area contributed by atoms with Crippen LogP contribution in [0.25, 0.3) is 65.7 Å². The second-order valence-corrected chi connectivity index (χ2v) is 12.8. The summed E-state index contributed by atoms with van der Waals surface area (Å²) in [6.07, 6.45) is 0. The van der Waals surface area contributed by atoms with E-state index < -0.39 is 0 Å². The predicted octanol–water partition coefficient (Wildman–Crippen LogP) is -3.79. The molecule has 8 heteroatoms. The first-order valence-corrected chi connectivity index (χ1v) is 15.8. The van der Waals surface area contributed by atoms with Crippen LogP contribution in [0.2, 0.25) is 0 Å². The predicted molar refractivity (Wildman–Crippen MR) is 221 cm³/mol. The van der Waals surface area contributed by atoms with E-state index in [0.717, 1.165) is 0 Å². The van der Waals surface area contributed by atoms with Gasteiger partial charge in [0.25, 0.3) is 0 Å². The zero-order valence-corrected chi connectivity index (χ0v) is 27.2. The standard InChI is InChI=1S/C36H32B8/c37-29-25-23(18-8-2-1-3-9-18)26-28(32(40)36(44)34(42)30(26)38)24(27(25)31(39)35(43)33(29)41)22-12-6-11-20(16-22)21-14-13-17-7-4-5-10-19(17)15-21/h1-16H,37-44H2. The van der Waals surface area contributed by atoms with Gasteiger partial charge in [-0.2, -0.15) is 0 Å². The highest BCUT2D eigenvalue weighted by Gasteiger charge is 2.25. The van der Waals surface area contributed by atoms with Crippen molar-refractivity contribution in [2.45, 2.75) is 0 Å².